The summed E-state index contributed by atoms with van der Waals surface area (Å²) in [4.78, 5) is 30.8. The van der Waals surface area contributed by atoms with Gasteiger partial charge in [0.15, 0.2) is 5.75 Å². The first-order valence-corrected chi connectivity index (χ1v) is 10.7. The summed E-state index contributed by atoms with van der Waals surface area (Å²) in [6.07, 6.45) is 16.2. The zero-order valence-electron chi connectivity index (χ0n) is 19.5. The van der Waals surface area contributed by atoms with Gasteiger partial charge in [-0.05, 0) is 43.2 Å². The number of hydrogen-bond donors (Lipinski definition) is 4. The van der Waals surface area contributed by atoms with Crippen molar-refractivity contribution >= 4 is 23.2 Å². The summed E-state index contributed by atoms with van der Waals surface area (Å²) in [6.45, 7) is 11.2. The van der Waals surface area contributed by atoms with Crippen molar-refractivity contribution in [1.29, 1.82) is 0 Å². The molecule has 1 aliphatic rings. The van der Waals surface area contributed by atoms with Gasteiger partial charge in [0.25, 0.3) is 5.91 Å². The number of nitrogens with one attached hydrogen (secondary N) is 2. The van der Waals surface area contributed by atoms with Crippen molar-refractivity contribution in [1.82, 2.24) is 10.4 Å². The average molecular weight is 462 g/mol. The lowest BCUT2D eigenvalue weighted by Crippen LogP contribution is -2.56. The molecule has 34 heavy (non-hydrogen) atoms. The highest BCUT2D eigenvalue weighted by Gasteiger charge is 2.33. The van der Waals surface area contributed by atoms with Crippen LogP contribution in [0.5, 0.6) is 5.75 Å². The van der Waals surface area contributed by atoms with Crippen LogP contribution in [-0.4, -0.2) is 29.4 Å². The van der Waals surface area contributed by atoms with E-state index in [1.165, 1.54) is 11.1 Å². The van der Waals surface area contributed by atoms with Crippen molar-refractivity contribution in [2.75, 3.05) is 17.6 Å². The summed E-state index contributed by atoms with van der Waals surface area (Å²) in [6, 6.07) is 4.26. The summed E-state index contributed by atoms with van der Waals surface area (Å²) in [5.74, 6) is 4.64. The number of nitrogens with two attached hydrogens (primary N) is 2. The van der Waals surface area contributed by atoms with Crippen molar-refractivity contribution in [2.45, 2.75) is 19.9 Å². The first-order chi connectivity index (χ1) is 16.4. The highest BCUT2D eigenvalue weighted by atomic mass is 16.6. The molecule has 1 heterocycles. The van der Waals surface area contributed by atoms with E-state index in [1.54, 1.807) is 36.4 Å². The maximum absolute atomic E-state index is 13.3. The number of carbonyl (C=O) groups is 2. The Morgan fingerprint density at radius 3 is 2.65 bits per heavy atom. The second kappa shape index (κ2) is 12.8. The Bertz CT molecular complexity index is 1100. The standard InChI is InChI=1S/C26H31N5O3/c1-5-9-12-18(11-7-3)25-20(8-4)21(13-10-6-2)26(33)31(30-25)17-24(32)29-19-14-15-22(27)23(16-19)34-28/h5-16,25,30H,2,4,17,27-28H2,1,3H3,(H,29,32)/b9-5-,11-7-,13-10-,18-12+. The molecule has 0 aromatic heterocycles. The molecule has 0 saturated carbocycles. The van der Waals surface area contributed by atoms with Crippen LogP contribution in [0.3, 0.4) is 0 Å². The molecule has 0 radical (unpaired) electrons. The topological polar surface area (TPSA) is 123 Å². The summed E-state index contributed by atoms with van der Waals surface area (Å²) in [5, 5.41) is 4.00. The van der Waals surface area contributed by atoms with E-state index in [9.17, 15) is 9.59 Å². The summed E-state index contributed by atoms with van der Waals surface area (Å²) < 4.78 is 0. The first-order valence-electron chi connectivity index (χ1n) is 10.7. The fourth-order valence-electron chi connectivity index (χ4n) is 3.35. The average Bonchev–Trinajstić information content (AvgIpc) is 2.83. The van der Waals surface area contributed by atoms with E-state index in [1.807, 2.05) is 44.2 Å². The van der Waals surface area contributed by atoms with Crippen LogP contribution < -0.4 is 27.2 Å². The van der Waals surface area contributed by atoms with Crippen LogP contribution in [-0.2, 0) is 9.59 Å². The van der Waals surface area contributed by atoms with Crippen LogP contribution in [0.2, 0.25) is 0 Å². The van der Waals surface area contributed by atoms with Gasteiger partial charge in [-0.3, -0.25) is 14.6 Å². The molecule has 2 rings (SSSR count). The Hall–Kier alpha value is -4.14. The van der Waals surface area contributed by atoms with Crippen molar-refractivity contribution in [3.8, 4) is 5.75 Å². The quantitative estimate of drug-likeness (QED) is 0.240. The molecule has 8 heteroatoms. The molecule has 0 fully saturated rings. The number of benzene rings is 1. The minimum Gasteiger partial charge on any atom is -0.409 e. The second-order valence-corrected chi connectivity index (χ2v) is 7.23. The number of hydrogen-bond acceptors (Lipinski definition) is 6. The third-order valence-electron chi connectivity index (χ3n) is 4.90. The zero-order valence-corrected chi connectivity index (χ0v) is 19.5. The number of allylic oxidation sites excluding steroid dienone is 6. The van der Waals surface area contributed by atoms with Gasteiger partial charge in [0.1, 0.15) is 6.54 Å². The Morgan fingerprint density at radius 2 is 2.03 bits per heavy atom. The first kappa shape index (κ1) is 26.1. The lowest BCUT2D eigenvalue weighted by atomic mass is 9.91. The van der Waals surface area contributed by atoms with Crippen molar-refractivity contribution in [3.63, 3.8) is 0 Å². The van der Waals surface area contributed by atoms with Gasteiger partial charge in [0.2, 0.25) is 5.91 Å². The fourth-order valence-corrected chi connectivity index (χ4v) is 3.35. The van der Waals surface area contributed by atoms with Crippen LogP contribution in [0.15, 0.2) is 103 Å². The molecule has 2 amide bonds. The second-order valence-electron chi connectivity index (χ2n) is 7.23. The largest absolute Gasteiger partial charge is 0.409 e. The predicted molar refractivity (Wildman–Crippen MR) is 137 cm³/mol. The van der Waals surface area contributed by atoms with Crippen molar-refractivity contribution in [3.05, 3.63) is 103 Å². The van der Waals surface area contributed by atoms with Crippen LogP contribution in [0.4, 0.5) is 11.4 Å². The van der Waals surface area contributed by atoms with Crippen LogP contribution in [0.1, 0.15) is 13.8 Å². The Balaban J connectivity index is 2.40. The molecular weight excluding hydrogens is 430 g/mol. The summed E-state index contributed by atoms with van der Waals surface area (Å²) in [7, 11) is 0. The van der Waals surface area contributed by atoms with Gasteiger partial charge in [0.05, 0.1) is 11.7 Å². The number of amides is 2. The lowest BCUT2D eigenvalue weighted by molar-refractivity contribution is -0.135. The number of carbonyl (C=O) groups excluding carboxylic acids is 2. The van der Waals surface area contributed by atoms with Gasteiger partial charge in [-0.2, -0.15) is 5.90 Å². The lowest BCUT2D eigenvalue weighted by Gasteiger charge is -2.36. The van der Waals surface area contributed by atoms with E-state index >= 15 is 0 Å². The maximum Gasteiger partial charge on any atom is 0.268 e. The molecule has 0 saturated heterocycles. The van der Waals surface area contributed by atoms with Gasteiger partial charge in [-0.25, -0.2) is 5.43 Å². The Kier molecular flexibility index (Phi) is 9.82. The minimum absolute atomic E-state index is 0.227. The normalized spacial score (nSPS) is 17.1. The van der Waals surface area contributed by atoms with E-state index in [-0.39, 0.29) is 18.2 Å². The minimum atomic E-state index is -0.425. The molecule has 0 bridgehead atoms. The van der Waals surface area contributed by atoms with E-state index in [0.717, 1.165) is 5.57 Å². The molecule has 1 unspecified atom stereocenters. The number of anilines is 2. The van der Waals surface area contributed by atoms with E-state index in [4.69, 9.17) is 16.5 Å². The van der Waals surface area contributed by atoms with Gasteiger partial charge < -0.3 is 15.9 Å². The van der Waals surface area contributed by atoms with Gasteiger partial charge in [0, 0.05) is 17.3 Å². The maximum atomic E-state index is 13.3. The molecule has 1 atom stereocenters. The molecule has 8 nitrogen and oxygen atoms in total. The molecule has 1 aromatic rings. The monoisotopic (exact) mass is 461 g/mol. The molecule has 0 spiro atoms. The fraction of sp³-hybridized carbons (Fsp3) is 0.154. The highest BCUT2D eigenvalue weighted by molar-refractivity contribution is 6.02. The molecule has 1 aliphatic heterocycles. The number of nitrogen functional groups attached to an aromatic ring is 1. The van der Waals surface area contributed by atoms with Gasteiger partial charge in [-0.15, -0.1) is 0 Å². The molecule has 0 aliphatic carbocycles. The highest BCUT2D eigenvalue weighted by Crippen LogP contribution is 2.27. The number of hydrazine groups is 1. The van der Waals surface area contributed by atoms with E-state index in [2.05, 4.69) is 23.9 Å². The van der Waals surface area contributed by atoms with Crippen LogP contribution in [0, 0.1) is 0 Å². The van der Waals surface area contributed by atoms with Crippen molar-refractivity contribution in [2.24, 2.45) is 5.90 Å². The summed E-state index contributed by atoms with van der Waals surface area (Å²) in [5.41, 5.74) is 11.7. The smallest absolute Gasteiger partial charge is 0.268 e. The summed E-state index contributed by atoms with van der Waals surface area (Å²) >= 11 is 0. The number of rotatable bonds is 10. The van der Waals surface area contributed by atoms with Crippen LogP contribution in [0.25, 0.3) is 0 Å². The molecule has 1 aromatic carbocycles. The third-order valence-corrected chi connectivity index (χ3v) is 4.90. The SMILES string of the molecule is C=C/C=C\C1=C(C=C)C(C(/C=C\C)=C/C=C\C)NN(CC(=O)Nc2ccc(N)c(ON)c2)C1=O. The van der Waals surface area contributed by atoms with Gasteiger partial charge in [-0.1, -0.05) is 61.8 Å². The zero-order chi connectivity index (χ0) is 25.1. The Labute approximate surface area is 200 Å². The molecule has 6 N–H and O–H groups in total. The number of nitrogens with zero attached hydrogens (tertiary/aromatic N) is 1. The third kappa shape index (κ3) is 6.44. The van der Waals surface area contributed by atoms with Crippen LogP contribution >= 0.6 is 0 Å². The van der Waals surface area contributed by atoms with Gasteiger partial charge >= 0.3 is 0 Å². The predicted octanol–water partition coefficient (Wildman–Crippen LogP) is 3.48. The molecular formula is C26H31N5O3. The van der Waals surface area contributed by atoms with E-state index < -0.39 is 11.9 Å². The van der Waals surface area contributed by atoms with Crippen molar-refractivity contribution < 1.29 is 14.4 Å². The molecule has 178 valence electrons. The van der Waals surface area contributed by atoms with E-state index in [0.29, 0.717) is 22.5 Å². The Morgan fingerprint density at radius 1 is 1.26 bits per heavy atom.